The first-order chi connectivity index (χ1) is 30.5. The van der Waals surface area contributed by atoms with E-state index in [-0.39, 0.29) is 0 Å². The lowest BCUT2D eigenvalue weighted by atomic mass is 9.66. The summed E-state index contributed by atoms with van der Waals surface area (Å²) in [6, 6.07) is 66.6. The van der Waals surface area contributed by atoms with E-state index in [1.807, 2.05) is 0 Å². The van der Waals surface area contributed by atoms with Gasteiger partial charge in [-0.25, -0.2) is 0 Å². The van der Waals surface area contributed by atoms with Crippen molar-refractivity contribution in [2.24, 2.45) is 10.8 Å². The predicted octanol–water partition coefficient (Wildman–Crippen LogP) is 13.6. The van der Waals surface area contributed by atoms with Crippen molar-refractivity contribution in [3.05, 3.63) is 192 Å². The van der Waals surface area contributed by atoms with Gasteiger partial charge < -0.3 is 0 Å². The Morgan fingerprint density at radius 3 is 1.06 bits per heavy atom. The first kappa shape index (κ1) is 38.8. The molecular weight excluding hydrogens is 783 g/mol. The Morgan fingerprint density at radius 1 is 0.371 bits per heavy atom. The minimum absolute atomic E-state index is 0.427. The molecule has 0 aliphatic heterocycles. The van der Waals surface area contributed by atoms with Crippen molar-refractivity contribution in [3.8, 4) is 11.1 Å². The minimum atomic E-state index is -0.904. The molecule has 8 aromatic carbocycles. The van der Waals surface area contributed by atoms with E-state index in [1.54, 1.807) is 22.3 Å². The van der Waals surface area contributed by atoms with Crippen molar-refractivity contribution in [1.29, 1.82) is 0 Å². The maximum Gasteiger partial charge on any atom is -0.000873 e. The van der Waals surface area contributed by atoms with Gasteiger partial charge >= 0.3 is 0 Å². The molecule has 0 amide bonds. The van der Waals surface area contributed by atoms with Gasteiger partial charge in [0.2, 0.25) is 0 Å². The molecule has 0 radical (unpaired) electrons. The van der Waals surface area contributed by atoms with Gasteiger partial charge in [0.15, 0.2) is 0 Å². The quantitative estimate of drug-likeness (QED) is 0.140. The van der Waals surface area contributed by atoms with E-state index in [9.17, 15) is 0 Å². The molecule has 0 saturated heterocycles. The first-order valence-electron chi connectivity index (χ1n) is 23.5. The van der Waals surface area contributed by atoms with E-state index in [2.05, 4.69) is 184 Å². The summed E-state index contributed by atoms with van der Waals surface area (Å²) in [5, 5.41) is 14.4. The molecule has 4 atom stereocenters. The number of fused-ring (bicyclic) bond motifs is 10. The van der Waals surface area contributed by atoms with Crippen LogP contribution >= 0.6 is 15.8 Å². The molecule has 0 heterocycles. The summed E-state index contributed by atoms with van der Waals surface area (Å²) in [5.74, 6) is 1.32. The Morgan fingerprint density at radius 2 is 0.710 bits per heavy atom. The third-order valence-electron chi connectivity index (χ3n) is 16.2. The van der Waals surface area contributed by atoms with Crippen molar-refractivity contribution in [2.45, 2.75) is 89.9 Å². The van der Waals surface area contributed by atoms with Crippen LogP contribution in [0.3, 0.4) is 0 Å². The predicted molar refractivity (Wildman–Crippen MR) is 270 cm³/mol. The van der Waals surface area contributed by atoms with Gasteiger partial charge in [-0.05, 0) is 177 Å². The monoisotopic (exact) mass is 838 g/mol. The van der Waals surface area contributed by atoms with Gasteiger partial charge in [0.05, 0.1) is 0 Å². The molecular formula is C60H56P2. The molecule has 0 bridgehead atoms. The van der Waals surface area contributed by atoms with Gasteiger partial charge in [-0.1, -0.05) is 197 Å². The molecule has 0 aromatic heterocycles. The molecule has 0 unspecified atom stereocenters. The standard InChI is InChI=1S/C60H56P2/c1-59-37-15-25-53(59)49-27-29-51-45(47(49)35-39-59)31-33-55(61(41-17-7-3-8-18-41)42-19-9-4-10-20-42)57(51)58-52-30-28-50-48(36-40-60(2)38-16-26-54(50)60)46(52)32-34-56(58)62(43-21-11-5-12-22-43)44-23-13-6-14-24-44/h3-14,17-24,27-34,53-54H,15-16,25-26,35-40H2,1-2H3/t53-,54-,59+,60+/m1/s1. The smallest absolute Gasteiger partial charge is 0.000873 e. The molecule has 62 heavy (non-hydrogen) atoms. The fraction of sp³-hybridized carbons (Fsp3) is 0.267. The number of aryl methyl sites for hydroxylation is 2. The van der Waals surface area contributed by atoms with Gasteiger partial charge in [0.1, 0.15) is 0 Å². The Hall–Kier alpha value is -4.86. The van der Waals surface area contributed by atoms with Gasteiger partial charge in [-0.15, -0.1) is 0 Å². The van der Waals surface area contributed by atoms with Crippen LogP contribution in [0.15, 0.2) is 170 Å². The summed E-state index contributed by atoms with van der Waals surface area (Å²) in [4.78, 5) is 0. The van der Waals surface area contributed by atoms with E-state index in [4.69, 9.17) is 0 Å². The van der Waals surface area contributed by atoms with Gasteiger partial charge in [-0.2, -0.15) is 0 Å². The van der Waals surface area contributed by atoms with Crippen LogP contribution in [0.25, 0.3) is 32.7 Å². The molecule has 4 aliphatic rings. The van der Waals surface area contributed by atoms with E-state index >= 15 is 0 Å². The van der Waals surface area contributed by atoms with Crippen LogP contribution in [-0.2, 0) is 12.8 Å². The Kier molecular flexibility index (Phi) is 9.66. The Labute approximate surface area is 371 Å². The van der Waals surface area contributed by atoms with Crippen molar-refractivity contribution >= 4 is 69.2 Å². The normalized spacial score (nSPS) is 22.8. The third kappa shape index (κ3) is 6.22. The van der Waals surface area contributed by atoms with Gasteiger partial charge in [0.25, 0.3) is 0 Å². The minimum Gasteiger partial charge on any atom is -0.0622 e. The highest BCUT2D eigenvalue weighted by Gasteiger charge is 2.45. The third-order valence-corrected chi connectivity index (χ3v) is 21.2. The van der Waals surface area contributed by atoms with Crippen LogP contribution in [0.1, 0.15) is 99.3 Å². The van der Waals surface area contributed by atoms with Crippen LogP contribution in [0.5, 0.6) is 0 Å². The zero-order valence-corrected chi connectivity index (χ0v) is 38.1. The molecule has 12 rings (SSSR count). The molecule has 0 N–H and O–H groups in total. The lowest BCUT2D eigenvalue weighted by Gasteiger charge is -2.39. The second-order valence-electron chi connectivity index (χ2n) is 19.6. The zero-order chi connectivity index (χ0) is 41.4. The van der Waals surface area contributed by atoms with Crippen molar-refractivity contribution in [3.63, 3.8) is 0 Å². The van der Waals surface area contributed by atoms with E-state index < -0.39 is 15.8 Å². The van der Waals surface area contributed by atoms with Crippen LogP contribution in [-0.4, -0.2) is 0 Å². The molecule has 0 nitrogen and oxygen atoms in total. The second-order valence-corrected chi connectivity index (χ2v) is 24.0. The highest BCUT2D eigenvalue weighted by Crippen LogP contribution is 2.59. The highest BCUT2D eigenvalue weighted by atomic mass is 31.1. The molecule has 306 valence electrons. The van der Waals surface area contributed by atoms with Gasteiger partial charge in [0, 0.05) is 0 Å². The van der Waals surface area contributed by atoms with Crippen LogP contribution in [0.4, 0.5) is 0 Å². The number of benzene rings is 8. The second kappa shape index (κ2) is 15.4. The van der Waals surface area contributed by atoms with E-state index in [0.29, 0.717) is 22.7 Å². The molecule has 4 aliphatic carbocycles. The molecule has 2 heteroatoms. The van der Waals surface area contributed by atoms with Crippen molar-refractivity contribution < 1.29 is 0 Å². The summed E-state index contributed by atoms with van der Waals surface area (Å²) in [5.41, 5.74) is 10.3. The fourth-order valence-electron chi connectivity index (χ4n) is 13.2. The van der Waals surface area contributed by atoms with Crippen LogP contribution < -0.4 is 31.8 Å². The topological polar surface area (TPSA) is 0 Å². The zero-order valence-electron chi connectivity index (χ0n) is 36.3. The first-order valence-corrected chi connectivity index (χ1v) is 26.2. The lowest BCUT2D eigenvalue weighted by Crippen LogP contribution is -2.28. The highest BCUT2D eigenvalue weighted by molar-refractivity contribution is 7.80. The lowest BCUT2D eigenvalue weighted by molar-refractivity contribution is 0.253. The Balaban J connectivity index is 1.23. The number of rotatable bonds is 7. The molecule has 2 saturated carbocycles. The number of hydrogen-bond donors (Lipinski definition) is 0. The average molecular weight is 839 g/mol. The summed E-state index contributed by atoms with van der Waals surface area (Å²) in [6.45, 7) is 5.18. The number of hydrogen-bond acceptors (Lipinski definition) is 0. The SMILES string of the molecule is C[C@@]12CCC[C@@H]1c1ccc3c(-c4c(P(c5ccccc5)c5ccccc5)ccc5c6c(ccc45)[C@H]4CCC[C@@]4(C)CC6)c(P(c4ccccc4)c4ccccc4)ccc3c1CC2. The van der Waals surface area contributed by atoms with E-state index in [1.165, 1.54) is 129 Å². The van der Waals surface area contributed by atoms with Crippen LogP contribution in [0.2, 0.25) is 0 Å². The molecule has 8 aromatic rings. The molecule has 2 fully saturated rings. The van der Waals surface area contributed by atoms with Crippen LogP contribution in [0, 0.1) is 10.8 Å². The van der Waals surface area contributed by atoms with Crippen molar-refractivity contribution in [2.75, 3.05) is 0 Å². The maximum absolute atomic E-state index is 2.61. The summed E-state index contributed by atoms with van der Waals surface area (Å²) in [7, 11) is -1.81. The molecule has 0 spiro atoms. The van der Waals surface area contributed by atoms with Gasteiger partial charge in [-0.3, -0.25) is 0 Å². The summed E-state index contributed by atoms with van der Waals surface area (Å²) < 4.78 is 0. The maximum atomic E-state index is 2.61. The average Bonchev–Trinajstić information content (AvgIpc) is 3.93. The van der Waals surface area contributed by atoms with Crippen molar-refractivity contribution in [1.82, 2.24) is 0 Å². The fourth-order valence-corrected chi connectivity index (χ4v) is 18.1. The Bertz CT molecular complexity index is 2670. The largest absolute Gasteiger partial charge is 0.0622 e. The summed E-state index contributed by atoms with van der Waals surface area (Å²) in [6.07, 6.45) is 13.0. The van der Waals surface area contributed by atoms with E-state index in [0.717, 1.165) is 0 Å². The summed E-state index contributed by atoms with van der Waals surface area (Å²) >= 11 is 0.